The minimum Gasteiger partial charge on any atom is -0.478 e. The van der Waals surface area contributed by atoms with E-state index in [1.165, 1.54) is 13.0 Å². The number of aliphatic hydroxyl groups is 1. The van der Waals surface area contributed by atoms with Crippen molar-refractivity contribution in [3.8, 4) is 0 Å². The van der Waals surface area contributed by atoms with Crippen molar-refractivity contribution in [2.24, 2.45) is 0 Å². The van der Waals surface area contributed by atoms with Gasteiger partial charge in [0.05, 0.1) is 6.97 Å². The topological polar surface area (TPSA) is 57.5 Å². The molecule has 0 aliphatic carbocycles. The van der Waals surface area contributed by atoms with Crippen LogP contribution in [0.15, 0.2) is 24.3 Å². The molecule has 0 aromatic rings. The second kappa shape index (κ2) is 4.82. The third kappa shape index (κ3) is 5.20. The van der Waals surface area contributed by atoms with Crippen molar-refractivity contribution < 1.29 is 16.4 Å². The highest BCUT2D eigenvalue weighted by Crippen LogP contribution is 2.13. The van der Waals surface area contributed by atoms with Crippen molar-refractivity contribution in [2.75, 3.05) is 0 Å². The maximum Gasteiger partial charge on any atom is 0.330 e. The molecular weight excluding hydrogens is 168 g/mol. The maximum atomic E-state index is 10.4. The van der Waals surface area contributed by atoms with E-state index in [2.05, 4.69) is 0 Å². The molecule has 0 heterocycles. The first kappa shape index (κ1) is 9.99. The molecule has 0 unspecified atom stereocenters. The lowest BCUT2D eigenvalue weighted by Crippen LogP contribution is -2.19. The summed E-state index contributed by atoms with van der Waals surface area (Å²) in [6, 6.07) is 0. The zero-order valence-corrected chi connectivity index (χ0v) is 7.95. The van der Waals surface area contributed by atoms with Gasteiger partial charge >= 0.3 is 5.97 Å². The Morgan fingerprint density at radius 1 is 1.77 bits per heavy atom. The summed E-state index contributed by atoms with van der Waals surface area (Å²) < 4.78 is 6.80. The average molecular weight is 185 g/mol. The molecule has 74 valence electrons. The van der Waals surface area contributed by atoms with Crippen molar-refractivity contribution in [2.45, 2.75) is 32.3 Å². The van der Waals surface area contributed by atoms with Crippen molar-refractivity contribution in [1.29, 1.82) is 0 Å². The summed E-state index contributed by atoms with van der Waals surface area (Å²) in [6.07, 6.45) is 3.83. The van der Waals surface area contributed by atoms with Gasteiger partial charge in [-0.3, -0.25) is 0 Å². The van der Waals surface area contributed by atoms with Crippen LogP contribution < -0.4 is 0 Å². The number of hydrogen-bond donors (Lipinski definition) is 2. The number of hydrogen-bond acceptors (Lipinski definition) is 2. The Morgan fingerprint density at radius 3 is 2.85 bits per heavy atom. The lowest BCUT2D eigenvalue weighted by Gasteiger charge is -2.16. The van der Waals surface area contributed by atoms with Crippen molar-refractivity contribution in [1.82, 2.24) is 0 Å². The predicted molar refractivity (Wildman–Crippen MR) is 51.4 cm³/mol. The number of rotatable bonds is 5. The zero-order valence-electron chi connectivity index (χ0n) is 8.95. The van der Waals surface area contributed by atoms with Crippen LogP contribution in [-0.4, -0.2) is 21.8 Å². The molecule has 0 aliphatic rings. The molecule has 0 aliphatic heterocycles. The largest absolute Gasteiger partial charge is 0.478 e. The highest BCUT2D eigenvalue weighted by molar-refractivity contribution is 5.85. The Morgan fingerprint density at radius 2 is 2.38 bits per heavy atom. The molecule has 1 atom stereocenters. The van der Waals surface area contributed by atoms with E-state index in [-0.39, 0.29) is 5.57 Å². The van der Waals surface area contributed by atoms with Crippen LogP contribution in [0.25, 0.3) is 0 Å². The molecule has 0 saturated carbocycles. The number of carboxylic acid groups (broad SMARTS) is 1. The van der Waals surface area contributed by atoms with E-state index in [1.807, 2.05) is 0 Å². The summed E-state index contributed by atoms with van der Waals surface area (Å²) in [5, 5.41) is 18.1. The van der Waals surface area contributed by atoms with Crippen molar-refractivity contribution in [3.63, 3.8) is 0 Å². The first-order valence-electron chi connectivity index (χ1n) is 4.65. The Hall–Kier alpha value is -1.09. The number of aliphatic carboxylic acids is 1. The summed E-state index contributed by atoms with van der Waals surface area (Å²) in [5.74, 6) is -0.944. The smallest absolute Gasteiger partial charge is 0.330 e. The number of carbonyl (C=O) groups is 1. The van der Waals surface area contributed by atoms with Crippen molar-refractivity contribution >= 4 is 5.97 Å². The molecule has 0 radical (unpaired) electrons. The van der Waals surface area contributed by atoms with Crippen LogP contribution in [0.1, 0.15) is 28.1 Å². The van der Waals surface area contributed by atoms with E-state index in [4.69, 9.17) is 6.48 Å². The van der Waals surface area contributed by atoms with Gasteiger partial charge in [-0.15, -0.1) is 6.55 Å². The van der Waals surface area contributed by atoms with E-state index < -0.39 is 11.6 Å². The van der Waals surface area contributed by atoms with E-state index >= 15 is 0 Å². The fourth-order valence-electron chi connectivity index (χ4n) is 0.752. The molecule has 3 nitrogen and oxygen atoms in total. The summed E-state index contributed by atoms with van der Waals surface area (Å²) >= 11 is 0. The van der Waals surface area contributed by atoms with Crippen LogP contribution in [0, 0.1) is 0 Å². The van der Waals surface area contributed by atoms with Gasteiger partial charge in [0.2, 0.25) is 0 Å². The van der Waals surface area contributed by atoms with Gasteiger partial charge in [-0.05, 0) is 26.7 Å². The van der Waals surface area contributed by atoms with Gasteiger partial charge < -0.3 is 10.2 Å². The first-order chi connectivity index (χ1) is 6.39. The van der Waals surface area contributed by atoms with Crippen LogP contribution in [0.3, 0.4) is 0 Å². The minimum absolute atomic E-state index is 0.274. The van der Waals surface area contributed by atoms with Gasteiger partial charge in [0.25, 0.3) is 0 Å². The fourth-order valence-corrected chi connectivity index (χ4v) is 0.752. The standard InChI is InChI=1S/C10H16O3/c1-4-10(3,13)7-5-6-8(2)9(11)12/h4,6,13H,1,5,7H2,2-3H3,(H,11,12)/b8-6+/t10-/m0/s1/i1D/b4-1?,8-6+. The van der Waals surface area contributed by atoms with E-state index in [0.29, 0.717) is 12.8 Å². The number of carboxylic acids is 1. The van der Waals surface area contributed by atoms with Gasteiger partial charge in [-0.2, -0.15) is 0 Å². The Balaban J connectivity index is 4.07. The zero-order chi connectivity index (χ0) is 11.2. The highest BCUT2D eigenvalue weighted by Gasteiger charge is 2.13. The summed E-state index contributed by atoms with van der Waals surface area (Å²) in [4.78, 5) is 10.4. The van der Waals surface area contributed by atoms with Gasteiger partial charge in [-0.1, -0.05) is 12.2 Å². The second-order valence-corrected chi connectivity index (χ2v) is 3.25. The number of allylic oxidation sites excluding steroid dienone is 1. The maximum absolute atomic E-state index is 10.4. The van der Waals surface area contributed by atoms with Crippen LogP contribution in [0.5, 0.6) is 0 Å². The Labute approximate surface area is 79.8 Å². The Kier molecular flexibility index (Phi) is 3.71. The van der Waals surface area contributed by atoms with E-state index in [0.717, 1.165) is 6.55 Å². The van der Waals surface area contributed by atoms with Crippen LogP contribution in [-0.2, 0) is 4.79 Å². The summed E-state index contributed by atoms with van der Waals surface area (Å²) in [6.45, 7) is 4.13. The molecule has 13 heavy (non-hydrogen) atoms. The van der Waals surface area contributed by atoms with Crippen LogP contribution >= 0.6 is 0 Å². The molecule has 2 N–H and O–H groups in total. The quantitative estimate of drug-likeness (QED) is 0.506. The predicted octanol–water partition coefficient (Wildman–Crippen LogP) is 1.73. The third-order valence-electron chi connectivity index (χ3n) is 1.80. The van der Waals surface area contributed by atoms with Crippen LogP contribution in [0.4, 0.5) is 0 Å². The van der Waals surface area contributed by atoms with E-state index in [1.54, 1.807) is 13.0 Å². The molecule has 0 rings (SSSR count). The molecule has 0 fully saturated rings. The third-order valence-corrected chi connectivity index (χ3v) is 1.80. The SMILES string of the molecule is [2H]C=C[C@](C)(O)CC/C=C(\C)C(=O)O. The van der Waals surface area contributed by atoms with E-state index in [9.17, 15) is 9.90 Å². The molecular formula is C10H16O3. The molecule has 0 aromatic heterocycles. The second-order valence-electron chi connectivity index (χ2n) is 3.25. The van der Waals surface area contributed by atoms with Gasteiger partial charge in [-0.25, -0.2) is 4.79 Å². The molecule has 0 spiro atoms. The van der Waals surface area contributed by atoms with Gasteiger partial charge in [0, 0.05) is 5.57 Å². The van der Waals surface area contributed by atoms with Gasteiger partial charge in [0.15, 0.2) is 0 Å². The monoisotopic (exact) mass is 185 g/mol. The summed E-state index contributed by atoms with van der Waals surface area (Å²) in [7, 11) is 0. The molecule has 0 saturated heterocycles. The Bertz CT molecular complexity index is 254. The first-order valence-corrected chi connectivity index (χ1v) is 4.07. The lowest BCUT2D eigenvalue weighted by molar-refractivity contribution is -0.132. The van der Waals surface area contributed by atoms with Crippen molar-refractivity contribution in [3.05, 3.63) is 24.3 Å². The molecule has 3 heteroatoms. The van der Waals surface area contributed by atoms with Crippen LogP contribution in [0.2, 0.25) is 0 Å². The summed E-state index contributed by atoms with van der Waals surface area (Å²) in [5.41, 5.74) is -0.757. The molecule has 0 bridgehead atoms. The molecule has 0 aromatic carbocycles. The highest BCUT2D eigenvalue weighted by atomic mass is 16.4. The normalized spacial score (nSPS) is 18.4. The minimum atomic E-state index is -1.03. The average Bonchev–Trinajstić information content (AvgIpc) is 2.03. The lowest BCUT2D eigenvalue weighted by atomic mass is 10.00. The fraction of sp³-hybridized carbons (Fsp3) is 0.500. The molecule has 0 amide bonds. The van der Waals surface area contributed by atoms with Gasteiger partial charge in [0.1, 0.15) is 0 Å².